The minimum Gasteiger partial charge on any atom is -0.347 e. The Morgan fingerprint density at radius 2 is 2.00 bits per heavy atom. The van der Waals surface area contributed by atoms with Crippen LogP contribution in [0.15, 0.2) is 30.6 Å². The summed E-state index contributed by atoms with van der Waals surface area (Å²) in [6.07, 6.45) is 3.17. The number of aromatic amines is 1. The highest BCUT2D eigenvalue weighted by Gasteiger charge is 2.05. The predicted octanol–water partition coefficient (Wildman–Crippen LogP) is 2.01. The third-order valence-corrected chi connectivity index (χ3v) is 2.09. The van der Waals surface area contributed by atoms with Gasteiger partial charge in [-0.05, 0) is 12.1 Å². The van der Waals surface area contributed by atoms with Crippen molar-refractivity contribution in [3.05, 3.63) is 48.1 Å². The standard InChI is InChI=1S/C11H10F2N4O/c12-7-3-8(13)5-9(4-7)17-11(18)16-6-10-14-1-2-15-10/h1-5H,6H2,(H,14,15)(H2,16,17,18). The van der Waals surface area contributed by atoms with Gasteiger partial charge in [0.05, 0.1) is 6.54 Å². The van der Waals surface area contributed by atoms with E-state index in [1.54, 1.807) is 12.4 Å². The van der Waals surface area contributed by atoms with E-state index < -0.39 is 17.7 Å². The largest absolute Gasteiger partial charge is 0.347 e. The minimum atomic E-state index is -0.753. The van der Waals surface area contributed by atoms with Crippen molar-refractivity contribution in [2.75, 3.05) is 5.32 Å². The number of imidazole rings is 1. The van der Waals surface area contributed by atoms with Crippen LogP contribution in [0.4, 0.5) is 19.3 Å². The van der Waals surface area contributed by atoms with Gasteiger partial charge in [0.25, 0.3) is 0 Å². The number of rotatable bonds is 3. The number of hydrogen-bond acceptors (Lipinski definition) is 2. The Hall–Kier alpha value is -2.44. The van der Waals surface area contributed by atoms with E-state index in [2.05, 4.69) is 20.6 Å². The fourth-order valence-corrected chi connectivity index (χ4v) is 1.36. The van der Waals surface area contributed by atoms with Gasteiger partial charge in [0.15, 0.2) is 0 Å². The first-order chi connectivity index (χ1) is 8.63. The molecule has 0 radical (unpaired) electrons. The third-order valence-electron chi connectivity index (χ3n) is 2.09. The average molecular weight is 252 g/mol. The van der Waals surface area contributed by atoms with E-state index in [1.165, 1.54) is 0 Å². The van der Waals surface area contributed by atoms with Crippen molar-refractivity contribution in [3.63, 3.8) is 0 Å². The molecule has 0 saturated carbocycles. The number of anilines is 1. The topological polar surface area (TPSA) is 69.8 Å². The number of urea groups is 1. The van der Waals surface area contributed by atoms with Gasteiger partial charge in [-0.3, -0.25) is 0 Å². The molecular formula is C11H10F2N4O. The Kier molecular flexibility index (Phi) is 3.52. The zero-order valence-corrected chi connectivity index (χ0v) is 9.21. The highest BCUT2D eigenvalue weighted by Crippen LogP contribution is 2.12. The molecule has 0 unspecified atom stereocenters. The molecule has 7 heteroatoms. The van der Waals surface area contributed by atoms with Crippen LogP contribution in [0.3, 0.4) is 0 Å². The zero-order chi connectivity index (χ0) is 13.0. The first-order valence-corrected chi connectivity index (χ1v) is 5.13. The molecule has 2 rings (SSSR count). The molecule has 1 heterocycles. The Balaban J connectivity index is 1.90. The summed E-state index contributed by atoms with van der Waals surface area (Å²) in [6.45, 7) is 0.191. The quantitative estimate of drug-likeness (QED) is 0.782. The monoisotopic (exact) mass is 252 g/mol. The molecule has 0 atom stereocenters. The summed E-state index contributed by atoms with van der Waals surface area (Å²) in [4.78, 5) is 18.1. The molecule has 2 amide bonds. The van der Waals surface area contributed by atoms with Crippen LogP contribution in [0.2, 0.25) is 0 Å². The van der Waals surface area contributed by atoms with E-state index in [9.17, 15) is 13.6 Å². The third kappa shape index (κ3) is 3.27. The van der Waals surface area contributed by atoms with Gasteiger partial charge in [-0.15, -0.1) is 0 Å². The molecule has 3 N–H and O–H groups in total. The Labute approximate surface area is 101 Å². The number of aromatic nitrogens is 2. The summed E-state index contributed by atoms with van der Waals surface area (Å²) < 4.78 is 25.7. The normalized spacial score (nSPS) is 10.1. The van der Waals surface area contributed by atoms with Crippen molar-refractivity contribution >= 4 is 11.7 Å². The number of nitrogens with one attached hydrogen (secondary N) is 3. The molecule has 0 bridgehead atoms. The second-order valence-electron chi connectivity index (χ2n) is 3.50. The lowest BCUT2D eigenvalue weighted by Gasteiger charge is -2.06. The van der Waals surface area contributed by atoms with Crippen LogP contribution in [0.5, 0.6) is 0 Å². The van der Waals surface area contributed by atoms with E-state index in [0.29, 0.717) is 5.82 Å². The molecule has 2 aromatic rings. The highest BCUT2D eigenvalue weighted by atomic mass is 19.1. The molecule has 0 aliphatic rings. The zero-order valence-electron chi connectivity index (χ0n) is 9.21. The summed E-state index contributed by atoms with van der Waals surface area (Å²) in [5.74, 6) is -0.928. The summed E-state index contributed by atoms with van der Waals surface area (Å²) in [5, 5.41) is 4.80. The van der Waals surface area contributed by atoms with Crippen LogP contribution in [0.25, 0.3) is 0 Å². The van der Waals surface area contributed by atoms with Crippen molar-refractivity contribution in [2.45, 2.75) is 6.54 Å². The molecule has 18 heavy (non-hydrogen) atoms. The van der Waals surface area contributed by atoms with Crippen LogP contribution < -0.4 is 10.6 Å². The van der Waals surface area contributed by atoms with Crippen molar-refractivity contribution in [2.24, 2.45) is 0 Å². The summed E-state index contributed by atoms with van der Waals surface area (Å²) in [6, 6.07) is 2.20. The van der Waals surface area contributed by atoms with Crippen LogP contribution in [-0.4, -0.2) is 16.0 Å². The van der Waals surface area contributed by atoms with E-state index in [0.717, 1.165) is 18.2 Å². The summed E-state index contributed by atoms with van der Waals surface area (Å²) in [5.41, 5.74) is 0.0458. The van der Waals surface area contributed by atoms with Gasteiger partial charge in [0.1, 0.15) is 17.5 Å². The van der Waals surface area contributed by atoms with Crippen molar-refractivity contribution in [1.82, 2.24) is 15.3 Å². The van der Waals surface area contributed by atoms with Crippen LogP contribution in [-0.2, 0) is 6.54 Å². The van der Waals surface area contributed by atoms with E-state index in [1.807, 2.05) is 0 Å². The lowest BCUT2D eigenvalue weighted by Crippen LogP contribution is -2.28. The first kappa shape index (κ1) is 12.0. The van der Waals surface area contributed by atoms with Gasteiger partial charge in [-0.2, -0.15) is 0 Å². The Morgan fingerprint density at radius 1 is 1.28 bits per heavy atom. The summed E-state index contributed by atoms with van der Waals surface area (Å²) in [7, 11) is 0. The van der Waals surface area contributed by atoms with Gasteiger partial charge < -0.3 is 15.6 Å². The molecule has 1 aromatic heterocycles. The number of carbonyl (C=O) groups is 1. The van der Waals surface area contributed by atoms with Crippen molar-refractivity contribution in [1.29, 1.82) is 0 Å². The lowest BCUT2D eigenvalue weighted by atomic mass is 10.3. The van der Waals surface area contributed by atoms with Crippen molar-refractivity contribution < 1.29 is 13.6 Å². The Bertz CT molecular complexity index is 522. The Morgan fingerprint density at radius 3 is 2.61 bits per heavy atom. The number of amides is 2. The number of benzene rings is 1. The SMILES string of the molecule is O=C(NCc1ncc[nH]1)Nc1cc(F)cc(F)c1. The van der Waals surface area contributed by atoms with E-state index >= 15 is 0 Å². The molecule has 1 aromatic carbocycles. The van der Waals surface area contributed by atoms with Gasteiger partial charge in [-0.25, -0.2) is 18.6 Å². The van der Waals surface area contributed by atoms with Gasteiger partial charge in [-0.1, -0.05) is 0 Å². The molecule has 0 spiro atoms. The predicted molar refractivity (Wildman–Crippen MR) is 60.8 cm³/mol. The second-order valence-corrected chi connectivity index (χ2v) is 3.50. The lowest BCUT2D eigenvalue weighted by molar-refractivity contribution is 0.251. The maximum absolute atomic E-state index is 12.9. The smallest absolute Gasteiger partial charge is 0.319 e. The molecule has 0 aliphatic carbocycles. The fraction of sp³-hybridized carbons (Fsp3) is 0.0909. The number of carbonyl (C=O) groups excluding carboxylic acids is 1. The molecule has 94 valence electrons. The van der Waals surface area contributed by atoms with Gasteiger partial charge in [0, 0.05) is 24.1 Å². The summed E-state index contributed by atoms with van der Waals surface area (Å²) >= 11 is 0. The highest BCUT2D eigenvalue weighted by molar-refractivity contribution is 5.89. The van der Waals surface area contributed by atoms with Crippen LogP contribution >= 0.6 is 0 Å². The molecule has 0 saturated heterocycles. The maximum atomic E-state index is 12.9. The van der Waals surface area contributed by atoms with E-state index in [4.69, 9.17) is 0 Å². The number of nitrogens with zero attached hydrogens (tertiary/aromatic N) is 1. The second kappa shape index (κ2) is 5.26. The first-order valence-electron chi connectivity index (χ1n) is 5.13. The van der Waals surface area contributed by atoms with Gasteiger partial charge >= 0.3 is 6.03 Å². The number of H-pyrrole nitrogens is 1. The van der Waals surface area contributed by atoms with E-state index in [-0.39, 0.29) is 12.2 Å². The molecule has 0 aliphatic heterocycles. The molecular weight excluding hydrogens is 242 g/mol. The van der Waals surface area contributed by atoms with Crippen LogP contribution in [0, 0.1) is 11.6 Å². The fourth-order valence-electron chi connectivity index (χ4n) is 1.36. The average Bonchev–Trinajstić information content (AvgIpc) is 2.77. The number of halogens is 2. The maximum Gasteiger partial charge on any atom is 0.319 e. The molecule has 0 fully saturated rings. The minimum absolute atomic E-state index is 0.0458. The van der Waals surface area contributed by atoms with Gasteiger partial charge in [0.2, 0.25) is 0 Å². The van der Waals surface area contributed by atoms with Crippen LogP contribution in [0.1, 0.15) is 5.82 Å². The molecule has 5 nitrogen and oxygen atoms in total. The van der Waals surface area contributed by atoms with Crippen molar-refractivity contribution in [3.8, 4) is 0 Å². The number of hydrogen-bond donors (Lipinski definition) is 3.